The maximum absolute atomic E-state index is 5.96. The summed E-state index contributed by atoms with van der Waals surface area (Å²) in [7, 11) is 7.83. The van der Waals surface area contributed by atoms with Crippen LogP contribution in [0.4, 0.5) is 0 Å². The molecule has 7 nitrogen and oxygen atoms in total. The van der Waals surface area contributed by atoms with Crippen molar-refractivity contribution in [1.29, 1.82) is 0 Å². The summed E-state index contributed by atoms with van der Waals surface area (Å²) in [4.78, 5) is 6.48. The van der Waals surface area contributed by atoms with Gasteiger partial charge in [-0.25, -0.2) is 0 Å². The molecule has 0 aliphatic heterocycles. The van der Waals surface area contributed by atoms with Crippen LogP contribution < -0.4 is 15.4 Å². The molecule has 7 heteroatoms. The van der Waals surface area contributed by atoms with E-state index in [0.29, 0.717) is 6.54 Å². The lowest BCUT2D eigenvalue weighted by molar-refractivity contribution is 0.223. The molecule has 148 valence electrons. The minimum Gasteiger partial charge on any atom is -0.489 e. The summed E-state index contributed by atoms with van der Waals surface area (Å²) in [6, 6.07) is 8.29. The van der Waals surface area contributed by atoms with Gasteiger partial charge in [-0.15, -0.1) is 0 Å². The van der Waals surface area contributed by atoms with Gasteiger partial charge in [-0.3, -0.25) is 9.67 Å². The van der Waals surface area contributed by atoms with E-state index in [2.05, 4.69) is 52.7 Å². The first-order valence-corrected chi connectivity index (χ1v) is 9.22. The molecule has 2 aromatic rings. The number of hydrogen-bond acceptors (Lipinski definition) is 4. The highest BCUT2D eigenvalue weighted by Gasteiger charge is 2.16. The molecular weight excluding hydrogens is 340 g/mol. The molecule has 2 rings (SSSR count). The summed E-state index contributed by atoms with van der Waals surface area (Å²) in [5.41, 5.74) is 2.36. The molecule has 0 saturated heterocycles. The van der Waals surface area contributed by atoms with Gasteiger partial charge in [0.25, 0.3) is 0 Å². The fraction of sp³-hybridized carbons (Fsp3) is 0.500. The Morgan fingerprint density at radius 1 is 1.30 bits per heavy atom. The van der Waals surface area contributed by atoms with Crippen LogP contribution in [0.2, 0.25) is 0 Å². The Balaban J connectivity index is 1.84. The minimum atomic E-state index is 0.0216. The van der Waals surface area contributed by atoms with Gasteiger partial charge in [0.2, 0.25) is 0 Å². The SMILES string of the molecule is CN=C(NCC(C)Oc1cccc(C)c1)NCC(c1cnn(C)c1)N(C)C. The number of nitrogens with zero attached hydrogens (tertiary/aromatic N) is 4. The highest BCUT2D eigenvalue weighted by molar-refractivity contribution is 5.79. The molecule has 2 N–H and O–H groups in total. The first-order valence-electron chi connectivity index (χ1n) is 9.22. The summed E-state index contributed by atoms with van der Waals surface area (Å²) < 4.78 is 7.78. The molecule has 0 saturated carbocycles. The Morgan fingerprint density at radius 2 is 2.04 bits per heavy atom. The van der Waals surface area contributed by atoms with Crippen molar-refractivity contribution < 1.29 is 4.74 Å². The average Bonchev–Trinajstić information content (AvgIpc) is 3.03. The van der Waals surface area contributed by atoms with E-state index in [0.717, 1.165) is 18.3 Å². The molecule has 0 spiro atoms. The normalized spacial score (nSPS) is 14.1. The van der Waals surface area contributed by atoms with Gasteiger partial charge in [-0.1, -0.05) is 12.1 Å². The van der Waals surface area contributed by atoms with Crippen molar-refractivity contribution in [1.82, 2.24) is 25.3 Å². The van der Waals surface area contributed by atoms with Crippen LogP contribution in [0.3, 0.4) is 0 Å². The average molecular weight is 373 g/mol. The zero-order valence-electron chi connectivity index (χ0n) is 17.2. The second-order valence-electron chi connectivity index (χ2n) is 7.01. The van der Waals surface area contributed by atoms with Crippen LogP contribution in [0.25, 0.3) is 0 Å². The van der Waals surface area contributed by atoms with Gasteiger partial charge in [-0.2, -0.15) is 5.10 Å². The summed E-state index contributed by atoms with van der Waals surface area (Å²) in [6.45, 7) is 5.49. The molecule has 0 aliphatic rings. The quantitative estimate of drug-likeness (QED) is 0.548. The van der Waals surface area contributed by atoms with E-state index in [9.17, 15) is 0 Å². The number of aliphatic imine (C=N–C) groups is 1. The summed E-state index contributed by atoms with van der Waals surface area (Å²) >= 11 is 0. The van der Waals surface area contributed by atoms with Crippen molar-refractivity contribution in [3.63, 3.8) is 0 Å². The molecule has 1 aromatic heterocycles. The molecule has 0 aliphatic carbocycles. The molecule has 2 atom stereocenters. The third-order valence-electron chi connectivity index (χ3n) is 4.30. The number of benzene rings is 1. The van der Waals surface area contributed by atoms with E-state index in [1.54, 1.807) is 7.05 Å². The molecule has 0 radical (unpaired) electrons. The van der Waals surface area contributed by atoms with Crippen molar-refractivity contribution in [2.45, 2.75) is 26.0 Å². The van der Waals surface area contributed by atoms with Gasteiger partial charge in [0.05, 0.1) is 18.8 Å². The molecule has 0 amide bonds. The molecule has 1 heterocycles. The first kappa shape index (κ1) is 20.8. The number of likely N-dealkylation sites (N-methyl/N-ethyl adjacent to an activating group) is 1. The van der Waals surface area contributed by atoms with Crippen LogP contribution in [0.5, 0.6) is 5.75 Å². The molecule has 1 aromatic carbocycles. The Bertz CT molecular complexity index is 740. The van der Waals surface area contributed by atoms with Crippen LogP contribution in [0, 0.1) is 6.92 Å². The topological polar surface area (TPSA) is 66.7 Å². The maximum Gasteiger partial charge on any atom is 0.191 e. The van der Waals surface area contributed by atoms with Crippen LogP contribution in [-0.4, -0.2) is 61.0 Å². The Hall–Kier alpha value is -2.54. The number of guanidine groups is 1. The predicted molar refractivity (Wildman–Crippen MR) is 110 cm³/mol. The van der Waals surface area contributed by atoms with E-state index < -0.39 is 0 Å². The highest BCUT2D eigenvalue weighted by Crippen LogP contribution is 2.16. The van der Waals surface area contributed by atoms with E-state index in [1.165, 1.54) is 11.1 Å². The Morgan fingerprint density at radius 3 is 2.63 bits per heavy atom. The zero-order valence-corrected chi connectivity index (χ0v) is 17.2. The van der Waals surface area contributed by atoms with Crippen molar-refractivity contribution in [2.75, 3.05) is 34.2 Å². The van der Waals surface area contributed by atoms with Crippen molar-refractivity contribution >= 4 is 5.96 Å². The standard InChI is InChI=1S/C20H32N6O/c1-15-8-7-9-18(10-15)27-16(2)11-22-20(21-3)23-13-19(25(4)5)17-12-24-26(6)14-17/h7-10,12,14,16,19H,11,13H2,1-6H3,(H2,21,22,23). The summed E-state index contributed by atoms with van der Waals surface area (Å²) in [5.74, 6) is 1.64. The Kier molecular flexibility index (Phi) is 7.67. The number of aromatic nitrogens is 2. The van der Waals surface area contributed by atoms with E-state index in [1.807, 2.05) is 49.2 Å². The lowest BCUT2D eigenvalue weighted by Gasteiger charge is -2.25. The number of rotatable bonds is 8. The molecule has 0 bridgehead atoms. The predicted octanol–water partition coefficient (Wildman–Crippen LogP) is 1.96. The van der Waals surface area contributed by atoms with Crippen LogP contribution in [-0.2, 0) is 7.05 Å². The Labute approximate surface area is 162 Å². The second-order valence-corrected chi connectivity index (χ2v) is 7.01. The van der Waals surface area contributed by atoms with Gasteiger partial charge >= 0.3 is 0 Å². The monoisotopic (exact) mass is 372 g/mol. The van der Waals surface area contributed by atoms with Crippen molar-refractivity contribution in [2.24, 2.45) is 12.0 Å². The number of nitrogens with one attached hydrogen (secondary N) is 2. The largest absolute Gasteiger partial charge is 0.489 e. The lowest BCUT2D eigenvalue weighted by Crippen LogP contribution is -2.44. The van der Waals surface area contributed by atoms with Gasteiger partial charge in [-0.05, 0) is 45.6 Å². The molecule has 2 unspecified atom stereocenters. The third kappa shape index (κ3) is 6.60. The zero-order chi connectivity index (χ0) is 19.8. The number of ether oxygens (including phenoxy) is 1. The summed E-state index contributed by atoms with van der Waals surface area (Å²) in [5, 5.41) is 11.0. The molecule has 0 fully saturated rings. The van der Waals surface area contributed by atoms with Gasteiger partial charge in [0.1, 0.15) is 11.9 Å². The fourth-order valence-corrected chi connectivity index (χ4v) is 2.83. The van der Waals surface area contributed by atoms with Crippen LogP contribution in [0.15, 0.2) is 41.7 Å². The molecule has 27 heavy (non-hydrogen) atoms. The molecular formula is C20H32N6O. The first-order chi connectivity index (χ1) is 12.9. The summed E-state index contributed by atoms with van der Waals surface area (Å²) in [6.07, 6.45) is 3.97. The minimum absolute atomic E-state index is 0.0216. The van der Waals surface area contributed by atoms with Gasteiger partial charge in [0.15, 0.2) is 5.96 Å². The van der Waals surface area contributed by atoms with Gasteiger partial charge in [0, 0.05) is 32.4 Å². The fourth-order valence-electron chi connectivity index (χ4n) is 2.83. The van der Waals surface area contributed by atoms with Crippen molar-refractivity contribution in [3.05, 3.63) is 47.8 Å². The maximum atomic E-state index is 5.96. The number of aryl methyl sites for hydroxylation is 2. The highest BCUT2D eigenvalue weighted by atomic mass is 16.5. The van der Waals surface area contributed by atoms with E-state index >= 15 is 0 Å². The third-order valence-corrected chi connectivity index (χ3v) is 4.30. The number of hydrogen-bond donors (Lipinski definition) is 2. The van der Waals surface area contributed by atoms with Crippen LogP contribution >= 0.6 is 0 Å². The van der Waals surface area contributed by atoms with E-state index in [-0.39, 0.29) is 12.1 Å². The smallest absolute Gasteiger partial charge is 0.191 e. The second kappa shape index (κ2) is 9.97. The van der Waals surface area contributed by atoms with Crippen LogP contribution in [0.1, 0.15) is 24.1 Å². The van der Waals surface area contributed by atoms with E-state index in [4.69, 9.17) is 4.74 Å². The van der Waals surface area contributed by atoms with Gasteiger partial charge < -0.3 is 20.3 Å². The van der Waals surface area contributed by atoms with Crippen molar-refractivity contribution in [3.8, 4) is 5.75 Å². The lowest BCUT2D eigenvalue weighted by atomic mass is 10.1.